The van der Waals surface area contributed by atoms with E-state index in [0.29, 0.717) is 17.0 Å². The summed E-state index contributed by atoms with van der Waals surface area (Å²) in [7, 11) is 3.77. The molecule has 0 radical (unpaired) electrons. The average molecular weight is 212 g/mol. The van der Waals surface area contributed by atoms with Crippen molar-refractivity contribution in [2.24, 2.45) is 0 Å². The number of Topliss-reactive ketones (excluding diaryl/α,β-unsaturated/α-hetero) is 1. The van der Waals surface area contributed by atoms with Gasteiger partial charge in [-0.15, -0.1) is 0 Å². The monoisotopic (exact) mass is 211 g/mol. The number of hydrogen-bond acceptors (Lipinski definition) is 2. The van der Waals surface area contributed by atoms with E-state index in [0.717, 1.165) is 5.69 Å². The molecular formula is C11H14ClNO. The van der Waals surface area contributed by atoms with Crippen molar-refractivity contribution in [1.29, 1.82) is 0 Å². The fourth-order valence-electron chi connectivity index (χ4n) is 1.39. The Morgan fingerprint density at radius 3 is 2.57 bits per heavy atom. The Labute approximate surface area is 89.5 Å². The summed E-state index contributed by atoms with van der Waals surface area (Å²) in [6.45, 7) is 1.85. The van der Waals surface area contributed by atoms with Crippen molar-refractivity contribution < 1.29 is 4.79 Å². The molecule has 0 aliphatic rings. The Morgan fingerprint density at radius 1 is 1.43 bits per heavy atom. The van der Waals surface area contributed by atoms with E-state index in [1.807, 2.05) is 32.0 Å². The number of halogens is 1. The first-order valence-electron chi connectivity index (χ1n) is 4.57. The Hall–Kier alpha value is -1.02. The Balaban J connectivity index is 3.28. The Kier molecular flexibility index (Phi) is 3.53. The molecule has 0 heterocycles. The first kappa shape index (κ1) is 11.1. The SMILES string of the molecule is CCC(=O)c1cccc(Cl)c1N(C)C. The lowest BCUT2D eigenvalue weighted by Crippen LogP contribution is -2.14. The van der Waals surface area contributed by atoms with Gasteiger partial charge in [0.2, 0.25) is 0 Å². The molecule has 76 valence electrons. The van der Waals surface area contributed by atoms with Gasteiger partial charge in [-0.25, -0.2) is 0 Å². The molecule has 0 unspecified atom stereocenters. The van der Waals surface area contributed by atoms with Crippen LogP contribution in [-0.2, 0) is 0 Å². The van der Waals surface area contributed by atoms with Gasteiger partial charge < -0.3 is 4.90 Å². The first-order chi connectivity index (χ1) is 6.57. The molecule has 1 rings (SSSR count). The largest absolute Gasteiger partial charge is 0.376 e. The molecule has 2 nitrogen and oxygen atoms in total. The zero-order valence-electron chi connectivity index (χ0n) is 8.67. The predicted molar refractivity (Wildman–Crippen MR) is 60.4 cm³/mol. The molecule has 0 spiro atoms. The van der Waals surface area contributed by atoms with Crippen LogP contribution >= 0.6 is 11.6 Å². The molecule has 3 heteroatoms. The third-order valence-electron chi connectivity index (χ3n) is 2.06. The van der Waals surface area contributed by atoms with Gasteiger partial charge in [-0.1, -0.05) is 24.6 Å². The molecule has 0 fully saturated rings. The zero-order chi connectivity index (χ0) is 10.7. The second-order valence-corrected chi connectivity index (χ2v) is 3.71. The predicted octanol–water partition coefficient (Wildman–Crippen LogP) is 3.00. The van der Waals surface area contributed by atoms with E-state index in [2.05, 4.69) is 0 Å². The number of nitrogens with zero attached hydrogens (tertiary/aromatic N) is 1. The van der Waals surface area contributed by atoms with Crippen molar-refractivity contribution in [3.63, 3.8) is 0 Å². The van der Waals surface area contributed by atoms with Crippen LogP contribution in [0.3, 0.4) is 0 Å². The molecule has 0 bridgehead atoms. The lowest BCUT2D eigenvalue weighted by Gasteiger charge is -2.17. The van der Waals surface area contributed by atoms with E-state index in [1.165, 1.54) is 0 Å². The van der Waals surface area contributed by atoms with E-state index in [9.17, 15) is 4.79 Å². The van der Waals surface area contributed by atoms with Crippen molar-refractivity contribution in [3.05, 3.63) is 28.8 Å². The van der Waals surface area contributed by atoms with Crippen LogP contribution in [-0.4, -0.2) is 19.9 Å². The summed E-state index contributed by atoms with van der Waals surface area (Å²) in [5, 5.41) is 0.620. The second kappa shape index (κ2) is 4.47. The normalized spacial score (nSPS) is 10.0. The highest BCUT2D eigenvalue weighted by Crippen LogP contribution is 2.29. The number of hydrogen-bond donors (Lipinski definition) is 0. The van der Waals surface area contributed by atoms with Crippen LogP contribution < -0.4 is 4.90 Å². The molecule has 0 atom stereocenters. The standard InChI is InChI=1S/C11H14ClNO/c1-4-10(14)8-6-5-7-9(12)11(8)13(2)3/h5-7H,4H2,1-3H3. The fraction of sp³-hybridized carbons (Fsp3) is 0.364. The number of anilines is 1. The van der Waals surface area contributed by atoms with Gasteiger partial charge in [0.25, 0.3) is 0 Å². The first-order valence-corrected chi connectivity index (χ1v) is 4.94. The van der Waals surface area contributed by atoms with Crippen LogP contribution in [0, 0.1) is 0 Å². The highest BCUT2D eigenvalue weighted by atomic mass is 35.5. The molecule has 1 aromatic rings. The van der Waals surface area contributed by atoms with E-state index in [-0.39, 0.29) is 5.78 Å². The topological polar surface area (TPSA) is 20.3 Å². The van der Waals surface area contributed by atoms with Crippen LogP contribution in [0.4, 0.5) is 5.69 Å². The molecule has 14 heavy (non-hydrogen) atoms. The number of benzene rings is 1. The maximum Gasteiger partial charge on any atom is 0.164 e. The number of para-hydroxylation sites is 1. The summed E-state index contributed by atoms with van der Waals surface area (Å²) in [4.78, 5) is 13.5. The highest BCUT2D eigenvalue weighted by molar-refractivity contribution is 6.34. The molecule has 0 aromatic heterocycles. The lowest BCUT2D eigenvalue weighted by molar-refractivity contribution is 0.0988. The number of carbonyl (C=O) groups excluding carboxylic acids is 1. The average Bonchev–Trinajstić information content (AvgIpc) is 2.15. The Bertz CT molecular complexity index is 347. The highest BCUT2D eigenvalue weighted by Gasteiger charge is 2.13. The Morgan fingerprint density at radius 2 is 2.07 bits per heavy atom. The summed E-state index contributed by atoms with van der Waals surface area (Å²) >= 11 is 6.03. The van der Waals surface area contributed by atoms with Crippen LogP contribution in [0.2, 0.25) is 5.02 Å². The lowest BCUT2D eigenvalue weighted by atomic mass is 10.1. The van der Waals surface area contributed by atoms with Crippen LogP contribution in [0.5, 0.6) is 0 Å². The van der Waals surface area contributed by atoms with Crippen LogP contribution in [0.1, 0.15) is 23.7 Å². The quantitative estimate of drug-likeness (QED) is 0.717. The molecule has 0 N–H and O–H groups in total. The van der Waals surface area contributed by atoms with Gasteiger partial charge in [0.1, 0.15) is 0 Å². The number of ketones is 1. The molecule has 0 aliphatic heterocycles. The van der Waals surface area contributed by atoms with Crippen LogP contribution in [0.25, 0.3) is 0 Å². The fourth-order valence-corrected chi connectivity index (χ4v) is 1.73. The molecule has 0 saturated carbocycles. The van der Waals surface area contributed by atoms with Gasteiger partial charge in [-0.05, 0) is 12.1 Å². The van der Waals surface area contributed by atoms with Gasteiger partial charge in [-0.2, -0.15) is 0 Å². The maximum absolute atomic E-state index is 11.6. The third kappa shape index (κ3) is 2.07. The van der Waals surface area contributed by atoms with E-state index in [1.54, 1.807) is 12.1 Å². The number of carbonyl (C=O) groups is 1. The third-order valence-corrected chi connectivity index (χ3v) is 2.36. The molecule has 0 saturated heterocycles. The minimum atomic E-state index is 0.121. The second-order valence-electron chi connectivity index (χ2n) is 3.31. The zero-order valence-corrected chi connectivity index (χ0v) is 9.43. The summed E-state index contributed by atoms with van der Waals surface area (Å²) in [6.07, 6.45) is 0.501. The summed E-state index contributed by atoms with van der Waals surface area (Å²) < 4.78 is 0. The summed E-state index contributed by atoms with van der Waals surface area (Å²) in [5.74, 6) is 0.121. The van der Waals surface area contributed by atoms with Crippen molar-refractivity contribution >= 4 is 23.1 Å². The van der Waals surface area contributed by atoms with Crippen molar-refractivity contribution in [2.75, 3.05) is 19.0 Å². The summed E-state index contributed by atoms with van der Waals surface area (Å²) in [6, 6.07) is 5.41. The van der Waals surface area contributed by atoms with Gasteiger partial charge in [0.05, 0.1) is 10.7 Å². The van der Waals surface area contributed by atoms with Crippen molar-refractivity contribution in [3.8, 4) is 0 Å². The molecular weight excluding hydrogens is 198 g/mol. The van der Waals surface area contributed by atoms with Crippen LogP contribution in [0.15, 0.2) is 18.2 Å². The van der Waals surface area contributed by atoms with Gasteiger partial charge >= 0.3 is 0 Å². The molecule has 0 amide bonds. The smallest absolute Gasteiger partial charge is 0.164 e. The minimum Gasteiger partial charge on any atom is -0.376 e. The summed E-state index contributed by atoms with van der Waals surface area (Å²) in [5.41, 5.74) is 1.51. The van der Waals surface area contributed by atoms with Gasteiger partial charge in [-0.3, -0.25) is 4.79 Å². The minimum absolute atomic E-state index is 0.121. The molecule has 0 aliphatic carbocycles. The maximum atomic E-state index is 11.6. The van der Waals surface area contributed by atoms with Gasteiger partial charge in [0, 0.05) is 26.1 Å². The number of rotatable bonds is 3. The van der Waals surface area contributed by atoms with E-state index < -0.39 is 0 Å². The van der Waals surface area contributed by atoms with Crippen molar-refractivity contribution in [2.45, 2.75) is 13.3 Å². The van der Waals surface area contributed by atoms with Gasteiger partial charge in [0.15, 0.2) is 5.78 Å². The van der Waals surface area contributed by atoms with E-state index >= 15 is 0 Å². The molecule has 1 aromatic carbocycles. The van der Waals surface area contributed by atoms with E-state index in [4.69, 9.17) is 11.6 Å². The van der Waals surface area contributed by atoms with Crippen molar-refractivity contribution in [1.82, 2.24) is 0 Å².